The molecule has 0 fully saturated rings. The van der Waals surface area contributed by atoms with E-state index in [1.54, 1.807) is 12.1 Å². The summed E-state index contributed by atoms with van der Waals surface area (Å²) in [4.78, 5) is 23.0. The van der Waals surface area contributed by atoms with Crippen LogP contribution in [-0.4, -0.2) is 17.3 Å². The van der Waals surface area contributed by atoms with Gasteiger partial charge in [-0.25, -0.2) is 0 Å². The standard InChI is InChI=1S/C18H14ClF3N2O2S/c1-11(25)23-13-5-8-16(15(19)10-13)24-17(26)9-4-12-2-6-14(7-3-12)27-18(20,21)22/h2-10H,1H3,(H,23,25)(H,24,26)/b9-4+. The molecule has 9 heteroatoms. The largest absolute Gasteiger partial charge is 0.446 e. The van der Waals surface area contributed by atoms with Crippen molar-refractivity contribution in [2.75, 3.05) is 10.6 Å². The minimum atomic E-state index is -4.34. The number of carbonyl (C=O) groups excluding carboxylic acids is 2. The molecule has 0 atom stereocenters. The van der Waals surface area contributed by atoms with E-state index in [0.717, 1.165) is 0 Å². The lowest BCUT2D eigenvalue weighted by Gasteiger charge is -2.08. The normalized spacial score (nSPS) is 11.4. The van der Waals surface area contributed by atoms with Crippen LogP contribution in [0.25, 0.3) is 6.08 Å². The second-order valence-electron chi connectivity index (χ2n) is 5.32. The van der Waals surface area contributed by atoms with Crippen molar-refractivity contribution in [3.8, 4) is 0 Å². The van der Waals surface area contributed by atoms with Crippen LogP contribution in [0.2, 0.25) is 5.02 Å². The Hall–Kier alpha value is -2.45. The second-order valence-corrected chi connectivity index (χ2v) is 6.86. The van der Waals surface area contributed by atoms with Crippen molar-refractivity contribution in [1.29, 1.82) is 0 Å². The molecule has 0 bridgehead atoms. The van der Waals surface area contributed by atoms with Gasteiger partial charge >= 0.3 is 5.51 Å². The summed E-state index contributed by atoms with van der Waals surface area (Å²) in [5.74, 6) is -0.705. The Morgan fingerprint density at radius 1 is 1.07 bits per heavy atom. The predicted molar refractivity (Wildman–Crippen MR) is 102 cm³/mol. The first-order chi connectivity index (χ1) is 12.6. The molecule has 0 unspecified atom stereocenters. The highest BCUT2D eigenvalue weighted by molar-refractivity contribution is 8.00. The van der Waals surface area contributed by atoms with Gasteiger partial charge in [-0.2, -0.15) is 13.2 Å². The van der Waals surface area contributed by atoms with Gasteiger partial charge < -0.3 is 10.6 Å². The van der Waals surface area contributed by atoms with Gasteiger partial charge in [0.15, 0.2) is 0 Å². The summed E-state index contributed by atoms with van der Waals surface area (Å²) < 4.78 is 36.9. The summed E-state index contributed by atoms with van der Waals surface area (Å²) in [7, 11) is 0. The zero-order valence-corrected chi connectivity index (χ0v) is 15.5. The van der Waals surface area contributed by atoms with Gasteiger partial charge in [0.2, 0.25) is 11.8 Å². The summed E-state index contributed by atoms with van der Waals surface area (Å²) in [6.07, 6.45) is 2.71. The number of nitrogens with one attached hydrogen (secondary N) is 2. The Kier molecular flexibility index (Phi) is 6.92. The van der Waals surface area contributed by atoms with E-state index in [4.69, 9.17) is 11.6 Å². The molecule has 2 amide bonds. The number of anilines is 2. The van der Waals surface area contributed by atoms with Gasteiger partial charge in [-0.15, -0.1) is 0 Å². The molecule has 2 rings (SSSR count). The molecule has 142 valence electrons. The van der Waals surface area contributed by atoms with Gasteiger partial charge in [-0.05, 0) is 53.7 Å². The maximum absolute atomic E-state index is 12.3. The first kappa shape index (κ1) is 20.9. The van der Waals surface area contributed by atoms with Crippen LogP contribution in [-0.2, 0) is 9.59 Å². The van der Waals surface area contributed by atoms with Crippen LogP contribution in [0.4, 0.5) is 24.5 Å². The van der Waals surface area contributed by atoms with E-state index in [1.807, 2.05) is 0 Å². The van der Waals surface area contributed by atoms with E-state index in [-0.39, 0.29) is 27.6 Å². The number of alkyl halides is 3. The molecule has 0 saturated carbocycles. The smallest absolute Gasteiger partial charge is 0.326 e. The Bertz CT molecular complexity index is 868. The van der Waals surface area contributed by atoms with E-state index in [2.05, 4.69) is 10.6 Å². The maximum atomic E-state index is 12.3. The quantitative estimate of drug-likeness (QED) is 0.497. The zero-order chi connectivity index (χ0) is 20.0. The fraction of sp³-hybridized carbons (Fsp3) is 0.111. The van der Waals surface area contributed by atoms with Crippen LogP contribution in [0.15, 0.2) is 53.4 Å². The van der Waals surface area contributed by atoms with Crippen LogP contribution in [0, 0.1) is 0 Å². The molecule has 0 aliphatic rings. The van der Waals surface area contributed by atoms with Gasteiger partial charge in [-0.1, -0.05) is 23.7 Å². The molecule has 2 aromatic rings. The Labute approximate surface area is 162 Å². The van der Waals surface area contributed by atoms with Gasteiger partial charge in [0, 0.05) is 23.6 Å². The average Bonchev–Trinajstić information content (AvgIpc) is 2.55. The number of hydrogen-bond acceptors (Lipinski definition) is 3. The summed E-state index contributed by atoms with van der Waals surface area (Å²) in [6.45, 7) is 1.36. The molecular weight excluding hydrogens is 401 g/mol. The third-order valence-electron chi connectivity index (χ3n) is 3.09. The van der Waals surface area contributed by atoms with Crippen LogP contribution in [0.1, 0.15) is 12.5 Å². The van der Waals surface area contributed by atoms with E-state index in [1.165, 1.54) is 49.4 Å². The van der Waals surface area contributed by atoms with Crippen LogP contribution in [0.3, 0.4) is 0 Å². The average molecular weight is 415 g/mol. The van der Waals surface area contributed by atoms with E-state index in [0.29, 0.717) is 16.9 Å². The van der Waals surface area contributed by atoms with E-state index in [9.17, 15) is 22.8 Å². The summed E-state index contributed by atoms with van der Waals surface area (Å²) in [6, 6.07) is 10.2. The lowest BCUT2D eigenvalue weighted by molar-refractivity contribution is -0.114. The van der Waals surface area contributed by atoms with Crippen molar-refractivity contribution in [3.05, 3.63) is 59.1 Å². The van der Waals surface area contributed by atoms with E-state index >= 15 is 0 Å². The van der Waals surface area contributed by atoms with Crippen molar-refractivity contribution in [2.45, 2.75) is 17.3 Å². The fourth-order valence-electron chi connectivity index (χ4n) is 2.02. The monoisotopic (exact) mass is 414 g/mol. The molecule has 2 N–H and O–H groups in total. The van der Waals surface area contributed by atoms with Crippen LogP contribution in [0.5, 0.6) is 0 Å². The molecule has 0 heterocycles. The third-order valence-corrected chi connectivity index (χ3v) is 4.14. The van der Waals surface area contributed by atoms with Gasteiger partial charge in [0.1, 0.15) is 0 Å². The fourth-order valence-corrected chi connectivity index (χ4v) is 2.79. The number of thioether (sulfide) groups is 1. The topological polar surface area (TPSA) is 58.2 Å². The van der Waals surface area contributed by atoms with E-state index < -0.39 is 11.4 Å². The van der Waals surface area contributed by atoms with Gasteiger partial charge in [0.25, 0.3) is 0 Å². The van der Waals surface area contributed by atoms with Crippen molar-refractivity contribution in [1.82, 2.24) is 0 Å². The summed E-state index contributed by atoms with van der Waals surface area (Å²) >= 11 is 5.86. The maximum Gasteiger partial charge on any atom is 0.446 e. The molecule has 0 spiro atoms. The van der Waals surface area contributed by atoms with Crippen molar-refractivity contribution < 1.29 is 22.8 Å². The van der Waals surface area contributed by atoms with Crippen molar-refractivity contribution in [3.63, 3.8) is 0 Å². The molecule has 27 heavy (non-hydrogen) atoms. The Balaban J connectivity index is 1.98. The molecule has 0 aliphatic carbocycles. The minimum Gasteiger partial charge on any atom is -0.326 e. The molecular formula is C18H14ClF3N2O2S. The lowest BCUT2D eigenvalue weighted by Crippen LogP contribution is -2.09. The molecule has 0 aliphatic heterocycles. The first-order valence-corrected chi connectivity index (χ1v) is 8.74. The highest BCUT2D eigenvalue weighted by Crippen LogP contribution is 2.36. The molecule has 2 aromatic carbocycles. The van der Waals surface area contributed by atoms with Crippen LogP contribution >= 0.6 is 23.4 Å². The summed E-state index contributed by atoms with van der Waals surface area (Å²) in [5.41, 5.74) is -2.91. The molecule has 0 saturated heterocycles. The third kappa shape index (κ3) is 7.36. The number of carbonyl (C=O) groups is 2. The number of amides is 2. The first-order valence-electron chi connectivity index (χ1n) is 7.54. The summed E-state index contributed by atoms with van der Waals surface area (Å²) in [5, 5.41) is 5.40. The molecule has 0 aromatic heterocycles. The second kappa shape index (κ2) is 8.96. The molecule has 4 nitrogen and oxygen atoms in total. The number of rotatable bonds is 5. The highest BCUT2D eigenvalue weighted by atomic mass is 35.5. The van der Waals surface area contributed by atoms with Crippen LogP contribution < -0.4 is 10.6 Å². The predicted octanol–water partition coefficient (Wildman–Crippen LogP) is 5.56. The SMILES string of the molecule is CC(=O)Nc1ccc(NC(=O)/C=C/c2ccc(SC(F)(F)F)cc2)c(Cl)c1. The Morgan fingerprint density at radius 2 is 1.74 bits per heavy atom. The minimum absolute atomic E-state index is 0.0649. The number of hydrogen-bond donors (Lipinski definition) is 2. The zero-order valence-electron chi connectivity index (χ0n) is 13.9. The van der Waals surface area contributed by atoms with Crippen molar-refractivity contribution in [2.24, 2.45) is 0 Å². The Morgan fingerprint density at radius 3 is 2.30 bits per heavy atom. The highest BCUT2D eigenvalue weighted by Gasteiger charge is 2.28. The van der Waals surface area contributed by atoms with Gasteiger partial charge in [-0.3, -0.25) is 9.59 Å². The number of benzene rings is 2. The lowest BCUT2D eigenvalue weighted by atomic mass is 10.2. The molecule has 0 radical (unpaired) electrons. The van der Waals surface area contributed by atoms with Gasteiger partial charge in [0.05, 0.1) is 10.7 Å². The van der Waals surface area contributed by atoms with Crippen molar-refractivity contribution >= 4 is 52.6 Å². The number of halogens is 4.